The lowest BCUT2D eigenvalue weighted by Gasteiger charge is -2.17. The Hall–Kier alpha value is -2.71. The van der Waals surface area contributed by atoms with Gasteiger partial charge in [-0.15, -0.1) is 0 Å². The first-order chi connectivity index (χ1) is 10.2. The van der Waals surface area contributed by atoms with Gasteiger partial charge < -0.3 is 15.7 Å². The highest BCUT2D eigenvalue weighted by Crippen LogP contribution is 2.04. The lowest BCUT2D eigenvalue weighted by molar-refractivity contribution is -0.141. The summed E-state index contributed by atoms with van der Waals surface area (Å²) in [7, 11) is 0. The van der Waals surface area contributed by atoms with E-state index in [0.29, 0.717) is 0 Å². The van der Waals surface area contributed by atoms with Crippen molar-refractivity contribution in [3.05, 3.63) is 12.2 Å². The fourth-order valence-corrected chi connectivity index (χ4v) is 1.64. The monoisotopic (exact) mass is 311 g/mol. The SMILES string of the molecule is C[C@H](NC(=O)[C@H](C)NC(=O)CCN1C(=O)C=CC1=O)C(=O)O. The van der Waals surface area contributed by atoms with E-state index >= 15 is 0 Å². The first kappa shape index (κ1) is 17.3. The van der Waals surface area contributed by atoms with Crippen LogP contribution in [0.2, 0.25) is 0 Å². The van der Waals surface area contributed by atoms with Gasteiger partial charge in [-0.1, -0.05) is 0 Å². The molecule has 0 aliphatic carbocycles. The molecule has 0 aromatic heterocycles. The summed E-state index contributed by atoms with van der Waals surface area (Å²) >= 11 is 0. The zero-order chi connectivity index (χ0) is 16.9. The van der Waals surface area contributed by atoms with Gasteiger partial charge in [0.25, 0.3) is 11.8 Å². The van der Waals surface area contributed by atoms with Crippen molar-refractivity contribution < 1.29 is 29.1 Å². The van der Waals surface area contributed by atoms with Crippen molar-refractivity contribution in [2.24, 2.45) is 0 Å². The summed E-state index contributed by atoms with van der Waals surface area (Å²) in [6.45, 7) is 2.61. The van der Waals surface area contributed by atoms with Gasteiger partial charge in [0.15, 0.2) is 0 Å². The van der Waals surface area contributed by atoms with E-state index in [1.54, 1.807) is 0 Å². The van der Waals surface area contributed by atoms with Crippen LogP contribution in [0.3, 0.4) is 0 Å². The van der Waals surface area contributed by atoms with E-state index in [2.05, 4.69) is 10.6 Å². The Labute approximate surface area is 126 Å². The maximum Gasteiger partial charge on any atom is 0.325 e. The molecule has 9 nitrogen and oxygen atoms in total. The summed E-state index contributed by atoms with van der Waals surface area (Å²) in [6, 6.07) is -2.00. The van der Waals surface area contributed by atoms with Gasteiger partial charge in [-0.2, -0.15) is 0 Å². The molecule has 1 heterocycles. The van der Waals surface area contributed by atoms with E-state index < -0.39 is 41.7 Å². The maximum atomic E-state index is 11.7. The van der Waals surface area contributed by atoms with Gasteiger partial charge in [0.1, 0.15) is 12.1 Å². The van der Waals surface area contributed by atoms with Gasteiger partial charge in [-0.3, -0.25) is 28.9 Å². The number of nitrogens with zero attached hydrogens (tertiary/aromatic N) is 1. The van der Waals surface area contributed by atoms with Crippen molar-refractivity contribution in [3.8, 4) is 0 Å². The zero-order valence-corrected chi connectivity index (χ0v) is 12.2. The molecule has 1 aliphatic heterocycles. The van der Waals surface area contributed by atoms with Crippen LogP contribution in [0.1, 0.15) is 20.3 Å². The second kappa shape index (κ2) is 7.34. The Bertz CT molecular complexity index is 524. The molecule has 3 N–H and O–H groups in total. The van der Waals surface area contributed by atoms with Gasteiger partial charge in [0.2, 0.25) is 11.8 Å². The van der Waals surface area contributed by atoms with E-state index in [9.17, 15) is 24.0 Å². The molecule has 120 valence electrons. The molecule has 0 unspecified atom stereocenters. The van der Waals surface area contributed by atoms with Crippen LogP contribution in [0.4, 0.5) is 0 Å². The minimum atomic E-state index is -1.19. The molecule has 1 aliphatic rings. The highest BCUT2D eigenvalue weighted by Gasteiger charge is 2.25. The van der Waals surface area contributed by atoms with Crippen LogP contribution in [-0.2, 0) is 24.0 Å². The predicted octanol–water partition coefficient (Wildman–Crippen LogP) is -1.60. The van der Waals surface area contributed by atoms with Crippen LogP contribution >= 0.6 is 0 Å². The maximum absolute atomic E-state index is 11.7. The number of carboxylic acids is 1. The molecule has 9 heteroatoms. The number of amides is 4. The van der Waals surface area contributed by atoms with Gasteiger partial charge in [0, 0.05) is 25.1 Å². The number of carboxylic acid groups (broad SMARTS) is 1. The van der Waals surface area contributed by atoms with Crippen molar-refractivity contribution in [3.63, 3.8) is 0 Å². The Morgan fingerprint density at radius 3 is 2.14 bits per heavy atom. The molecule has 0 saturated carbocycles. The van der Waals surface area contributed by atoms with E-state index in [1.165, 1.54) is 13.8 Å². The van der Waals surface area contributed by atoms with Crippen LogP contribution < -0.4 is 10.6 Å². The number of nitrogens with one attached hydrogen (secondary N) is 2. The van der Waals surface area contributed by atoms with Crippen LogP contribution in [-0.4, -0.2) is 58.2 Å². The summed E-state index contributed by atoms with van der Waals surface area (Å²) in [5, 5.41) is 13.3. The smallest absolute Gasteiger partial charge is 0.325 e. The lowest BCUT2D eigenvalue weighted by Crippen LogP contribution is -2.49. The van der Waals surface area contributed by atoms with Gasteiger partial charge in [-0.25, -0.2) is 0 Å². The molecule has 2 atom stereocenters. The molecule has 4 amide bonds. The second-order valence-corrected chi connectivity index (χ2v) is 4.77. The normalized spacial score (nSPS) is 16.4. The number of carbonyl (C=O) groups is 5. The number of aliphatic carboxylic acids is 1. The fraction of sp³-hybridized carbons (Fsp3) is 0.462. The summed E-state index contributed by atoms with van der Waals surface area (Å²) in [5.41, 5.74) is 0. The average Bonchev–Trinajstić information content (AvgIpc) is 2.75. The molecule has 0 fully saturated rings. The Balaban J connectivity index is 2.38. The fourth-order valence-electron chi connectivity index (χ4n) is 1.64. The average molecular weight is 311 g/mol. The van der Waals surface area contributed by atoms with Gasteiger partial charge in [0.05, 0.1) is 0 Å². The standard InChI is InChI=1S/C13H17N3O6/c1-7(12(20)15-8(2)13(21)22)14-9(17)5-6-16-10(18)3-4-11(16)19/h3-4,7-8H,5-6H2,1-2H3,(H,14,17)(H,15,20)(H,21,22)/t7-,8-/m0/s1. The molecular weight excluding hydrogens is 294 g/mol. The number of imide groups is 1. The summed E-state index contributed by atoms with van der Waals surface area (Å²) in [5.74, 6) is -3.33. The van der Waals surface area contributed by atoms with Gasteiger partial charge in [-0.05, 0) is 13.8 Å². The third-order valence-electron chi connectivity index (χ3n) is 2.96. The van der Waals surface area contributed by atoms with Crippen LogP contribution in [0, 0.1) is 0 Å². The largest absolute Gasteiger partial charge is 0.480 e. The summed E-state index contributed by atoms with van der Waals surface area (Å²) in [6.07, 6.45) is 2.08. The predicted molar refractivity (Wildman–Crippen MR) is 73.3 cm³/mol. The second-order valence-electron chi connectivity index (χ2n) is 4.77. The Morgan fingerprint density at radius 1 is 1.09 bits per heavy atom. The van der Waals surface area contributed by atoms with Crippen molar-refractivity contribution in [2.75, 3.05) is 6.54 Å². The molecule has 0 aromatic rings. The number of hydrogen-bond donors (Lipinski definition) is 3. The van der Waals surface area contributed by atoms with Gasteiger partial charge >= 0.3 is 5.97 Å². The molecule has 1 rings (SSSR count). The van der Waals surface area contributed by atoms with Crippen LogP contribution in [0.5, 0.6) is 0 Å². The molecule has 0 saturated heterocycles. The molecular formula is C13H17N3O6. The third kappa shape index (κ3) is 4.69. The van der Waals surface area contributed by atoms with Crippen molar-refractivity contribution >= 4 is 29.6 Å². The molecule has 0 bridgehead atoms. The van der Waals surface area contributed by atoms with E-state index in [-0.39, 0.29) is 13.0 Å². The molecule has 0 radical (unpaired) electrons. The summed E-state index contributed by atoms with van der Waals surface area (Å²) in [4.78, 5) is 57.4. The highest BCUT2D eigenvalue weighted by atomic mass is 16.4. The third-order valence-corrected chi connectivity index (χ3v) is 2.96. The van der Waals surface area contributed by atoms with Crippen molar-refractivity contribution in [1.82, 2.24) is 15.5 Å². The van der Waals surface area contributed by atoms with Crippen LogP contribution in [0.25, 0.3) is 0 Å². The first-order valence-electron chi connectivity index (χ1n) is 6.58. The quantitative estimate of drug-likeness (QED) is 0.485. The van der Waals surface area contributed by atoms with Crippen molar-refractivity contribution in [1.29, 1.82) is 0 Å². The molecule has 0 spiro atoms. The lowest BCUT2D eigenvalue weighted by atomic mass is 10.2. The van der Waals surface area contributed by atoms with Crippen LogP contribution in [0.15, 0.2) is 12.2 Å². The number of hydrogen-bond acceptors (Lipinski definition) is 5. The first-order valence-corrected chi connectivity index (χ1v) is 6.58. The zero-order valence-electron chi connectivity index (χ0n) is 12.2. The minimum Gasteiger partial charge on any atom is -0.480 e. The molecule has 22 heavy (non-hydrogen) atoms. The Morgan fingerprint density at radius 2 is 1.64 bits per heavy atom. The summed E-state index contributed by atoms with van der Waals surface area (Å²) < 4.78 is 0. The topological polar surface area (TPSA) is 133 Å². The van der Waals surface area contributed by atoms with E-state index in [0.717, 1.165) is 17.1 Å². The van der Waals surface area contributed by atoms with Crippen molar-refractivity contribution in [2.45, 2.75) is 32.4 Å². The highest BCUT2D eigenvalue weighted by molar-refractivity contribution is 6.13. The number of rotatable bonds is 7. The number of carbonyl (C=O) groups excluding carboxylic acids is 4. The van der Waals surface area contributed by atoms with E-state index in [4.69, 9.17) is 5.11 Å². The van der Waals surface area contributed by atoms with E-state index in [1.807, 2.05) is 0 Å². The molecule has 0 aromatic carbocycles. The minimum absolute atomic E-state index is 0.0869. The Kier molecular flexibility index (Phi) is 5.79.